The Morgan fingerprint density at radius 3 is 2.56 bits per heavy atom. The van der Waals surface area contributed by atoms with Crippen LogP contribution >= 0.6 is 0 Å². The van der Waals surface area contributed by atoms with Gasteiger partial charge in [-0.25, -0.2) is 13.6 Å². The number of sulfonamides is 1. The first-order valence-electron chi connectivity index (χ1n) is 5.44. The van der Waals surface area contributed by atoms with Gasteiger partial charge >= 0.3 is 0 Å². The molecule has 16 heavy (non-hydrogen) atoms. The fourth-order valence-electron chi connectivity index (χ4n) is 1.53. The Morgan fingerprint density at radius 2 is 2.12 bits per heavy atom. The number of hydrogen-bond acceptors (Lipinski definition) is 3. The standard InChI is InChI=1S/C10H19N3O2S/c1-4-5-9-6-10(16(11,14)15)13(12-9)7-8(2)3/h6,8H,4-5,7H2,1-3H3,(H2,11,14,15). The fourth-order valence-corrected chi connectivity index (χ4v) is 2.24. The first-order valence-corrected chi connectivity index (χ1v) is 6.98. The van der Waals surface area contributed by atoms with Crippen LogP contribution in [0.25, 0.3) is 0 Å². The third kappa shape index (κ3) is 3.31. The summed E-state index contributed by atoms with van der Waals surface area (Å²) in [6, 6.07) is 1.57. The van der Waals surface area contributed by atoms with Gasteiger partial charge in [-0.15, -0.1) is 0 Å². The van der Waals surface area contributed by atoms with Crippen LogP contribution in [0.1, 0.15) is 32.9 Å². The summed E-state index contributed by atoms with van der Waals surface area (Å²) in [6.07, 6.45) is 1.70. The molecule has 2 N–H and O–H groups in total. The lowest BCUT2D eigenvalue weighted by molar-refractivity contribution is 0.446. The minimum Gasteiger partial charge on any atom is -0.252 e. The second-order valence-corrected chi connectivity index (χ2v) is 5.85. The quantitative estimate of drug-likeness (QED) is 0.845. The highest BCUT2D eigenvalue weighted by atomic mass is 32.2. The molecular formula is C10H19N3O2S. The second kappa shape index (κ2) is 4.97. The lowest BCUT2D eigenvalue weighted by Gasteiger charge is -2.07. The SMILES string of the molecule is CCCc1cc(S(N)(=O)=O)n(CC(C)C)n1. The Morgan fingerprint density at radius 1 is 1.50 bits per heavy atom. The van der Waals surface area contributed by atoms with Crippen LogP contribution in [-0.2, 0) is 23.0 Å². The van der Waals surface area contributed by atoms with Gasteiger partial charge in [0.2, 0.25) is 0 Å². The number of aromatic nitrogens is 2. The molecule has 0 aliphatic rings. The molecule has 1 aromatic heterocycles. The number of hydrogen-bond donors (Lipinski definition) is 1. The van der Waals surface area contributed by atoms with Gasteiger partial charge < -0.3 is 0 Å². The molecule has 5 nitrogen and oxygen atoms in total. The molecule has 0 aliphatic heterocycles. The first kappa shape index (κ1) is 13.2. The van der Waals surface area contributed by atoms with E-state index in [1.54, 1.807) is 6.07 Å². The molecule has 0 fully saturated rings. The van der Waals surface area contributed by atoms with Crippen molar-refractivity contribution in [3.63, 3.8) is 0 Å². The van der Waals surface area contributed by atoms with Crippen molar-refractivity contribution in [1.82, 2.24) is 9.78 Å². The molecule has 0 atom stereocenters. The van der Waals surface area contributed by atoms with Crippen molar-refractivity contribution in [2.24, 2.45) is 11.1 Å². The first-order chi connectivity index (χ1) is 7.34. The van der Waals surface area contributed by atoms with Gasteiger partial charge in [0.25, 0.3) is 10.0 Å². The number of rotatable bonds is 5. The molecule has 0 bridgehead atoms. The van der Waals surface area contributed by atoms with Crippen LogP contribution in [0.5, 0.6) is 0 Å². The van der Waals surface area contributed by atoms with Gasteiger partial charge in [-0.1, -0.05) is 27.2 Å². The zero-order valence-corrected chi connectivity index (χ0v) is 10.8. The van der Waals surface area contributed by atoms with E-state index in [9.17, 15) is 8.42 Å². The van der Waals surface area contributed by atoms with Gasteiger partial charge in [0.05, 0.1) is 5.69 Å². The molecule has 0 saturated heterocycles. The highest BCUT2D eigenvalue weighted by molar-refractivity contribution is 7.89. The van der Waals surface area contributed by atoms with Gasteiger partial charge in [0.1, 0.15) is 0 Å². The van der Waals surface area contributed by atoms with Crippen LogP contribution in [-0.4, -0.2) is 18.2 Å². The Balaban J connectivity index is 3.13. The van der Waals surface area contributed by atoms with E-state index in [0.717, 1.165) is 18.5 Å². The molecule has 0 spiro atoms. The molecule has 0 radical (unpaired) electrons. The Kier molecular flexibility index (Phi) is 4.09. The van der Waals surface area contributed by atoms with E-state index in [-0.39, 0.29) is 5.03 Å². The second-order valence-electron chi connectivity index (χ2n) is 4.34. The molecule has 1 heterocycles. The maximum absolute atomic E-state index is 11.4. The van der Waals surface area contributed by atoms with Crippen molar-refractivity contribution in [3.05, 3.63) is 11.8 Å². The lowest BCUT2D eigenvalue weighted by atomic mass is 10.2. The van der Waals surface area contributed by atoms with E-state index in [2.05, 4.69) is 5.10 Å². The van der Waals surface area contributed by atoms with Crippen LogP contribution in [0.3, 0.4) is 0 Å². The number of nitrogens with zero attached hydrogens (tertiary/aromatic N) is 2. The van der Waals surface area contributed by atoms with Crippen LogP contribution in [0.15, 0.2) is 11.1 Å². The van der Waals surface area contributed by atoms with E-state index in [0.29, 0.717) is 12.5 Å². The summed E-state index contributed by atoms with van der Waals surface area (Å²) in [6.45, 7) is 6.61. The molecule has 0 aromatic carbocycles. The van der Waals surface area contributed by atoms with E-state index in [1.165, 1.54) is 4.68 Å². The van der Waals surface area contributed by atoms with Crippen LogP contribution in [0.4, 0.5) is 0 Å². The lowest BCUT2D eigenvalue weighted by Crippen LogP contribution is -2.19. The zero-order chi connectivity index (χ0) is 12.3. The van der Waals surface area contributed by atoms with Crippen molar-refractivity contribution in [3.8, 4) is 0 Å². The molecule has 0 unspecified atom stereocenters. The van der Waals surface area contributed by atoms with Crippen molar-refractivity contribution in [2.45, 2.75) is 45.2 Å². The summed E-state index contributed by atoms with van der Waals surface area (Å²) in [5, 5.41) is 9.53. The van der Waals surface area contributed by atoms with Crippen molar-refractivity contribution >= 4 is 10.0 Å². The molecule has 92 valence electrons. The number of primary sulfonamides is 1. The van der Waals surface area contributed by atoms with E-state index < -0.39 is 10.0 Å². The smallest absolute Gasteiger partial charge is 0.252 e. The monoisotopic (exact) mass is 245 g/mol. The van der Waals surface area contributed by atoms with Gasteiger partial charge in [0, 0.05) is 6.54 Å². The van der Waals surface area contributed by atoms with Crippen molar-refractivity contribution in [1.29, 1.82) is 0 Å². The summed E-state index contributed by atoms with van der Waals surface area (Å²) < 4.78 is 24.2. The summed E-state index contributed by atoms with van der Waals surface area (Å²) in [4.78, 5) is 0. The largest absolute Gasteiger partial charge is 0.255 e. The predicted molar refractivity (Wildman–Crippen MR) is 62.4 cm³/mol. The van der Waals surface area contributed by atoms with E-state index in [1.807, 2.05) is 20.8 Å². The van der Waals surface area contributed by atoms with E-state index in [4.69, 9.17) is 5.14 Å². The zero-order valence-electron chi connectivity index (χ0n) is 9.97. The predicted octanol–water partition coefficient (Wildman–Crippen LogP) is 1.14. The maximum Gasteiger partial charge on any atom is 0.255 e. The minimum absolute atomic E-state index is 0.115. The van der Waals surface area contributed by atoms with Crippen LogP contribution in [0.2, 0.25) is 0 Å². The molecule has 6 heteroatoms. The van der Waals surface area contributed by atoms with Crippen molar-refractivity contribution in [2.75, 3.05) is 0 Å². The Hall–Kier alpha value is -0.880. The fraction of sp³-hybridized carbons (Fsp3) is 0.700. The average molecular weight is 245 g/mol. The van der Waals surface area contributed by atoms with Crippen LogP contribution < -0.4 is 5.14 Å². The summed E-state index contributed by atoms with van der Waals surface area (Å²) >= 11 is 0. The normalized spacial score (nSPS) is 12.3. The third-order valence-electron chi connectivity index (χ3n) is 2.13. The molecule has 0 amide bonds. The number of aryl methyl sites for hydroxylation is 1. The highest BCUT2D eigenvalue weighted by Crippen LogP contribution is 2.13. The van der Waals surface area contributed by atoms with Gasteiger partial charge in [-0.3, -0.25) is 4.68 Å². The van der Waals surface area contributed by atoms with Gasteiger partial charge in [-0.05, 0) is 18.4 Å². The van der Waals surface area contributed by atoms with Gasteiger partial charge in [-0.2, -0.15) is 5.10 Å². The molecule has 0 aliphatic carbocycles. The van der Waals surface area contributed by atoms with E-state index >= 15 is 0 Å². The maximum atomic E-state index is 11.4. The summed E-state index contributed by atoms with van der Waals surface area (Å²) in [5.41, 5.74) is 0.784. The Bertz CT molecular complexity index is 449. The minimum atomic E-state index is -3.68. The van der Waals surface area contributed by atoms with Gasteiger partial charge in [0.15, 0.2) is 5.03 Å². The number of nitrogens with two attached hydrogens (primary N) is 1. The molecule has 1 aromatic rings. The summed E-state index contributed by atoms with van der Waals surface area (Å²) in [7, 11) is -3.68. The topological polar surface area (TPSA) is 78.0 Å². The Labute approximate surface area is 96.7 Å². The molecule has 1 rings (SSSR count). The third-order valence-corrected chi connectivity index (χ3v) is 3.04. The molecule has 0 saturated carbocycles. The molecular weight excluding hydrogens is 226 g/mol. The average Bonchev–Trinajstić information content (AvgIpc) is 2.46. The van der Waals surface area contributed by atoms with Crippen LogP contribution in [0, 0.1) is 5.92 Å². The highest BCUT2D eigenvalue weighted by Gasteiger charge is 2.17. The van der Waals surface area contributed by atoms with Crippen molar-refractivity contribution < 1.29 is 8.42 Å². The summed E-state index contributed by atoms with van der Waals surface area (Å²) in [5.74, 6) is 0.329.